The van der Waals surface area contributed by atoms with Crippen LogP contribution in [0.15, 0.2) is 18.2 Å². The van der Waals surface area contributed by atoms with Gasteiger partial charge < -0.3 is 10.2 Å². The maximum Gasteiger partial charge on any atom is 0.147 e. The second-order valence-electron chi connectivity index (χ2n) is 4.85. The van der Waals surface area contributed by atoms with Crippen molar-refractivity contribution >= 4 is 17.3 Å². The van der Waals surface area contributed by atoms with Crippen molar-refractivity contribution in [2.24, 2.45) is 5.92 Å². The number of halogens is 2. The molecule has 0 spiro atoms. The van der Waals surface area contributed by atoms with E-state index in [1.165, 1.54) is 6.07 Å². The number of benzene rings is 1. The van der Waals surface area contributed by atoms with Crippen LogP contribution in [0.3, 0.4) is 0 Å². The molecule has 1 heterocycles. The van der Waals surface area contributed by atoms with Crippen molar-refractivity contribution in [1.82, 2.24) is 5.32 Å². The van der Waals surface area contributed by atoms with E-state index < -0.39 is 0 Å². The average molecular weight is 257 g/mol. The molecule has 0 saturated carbocycles. The third-order valence-electron chi connectivity index (χ3n) is 3.26. The first-order valence-corrected chi connectivity index (χ1v) is 6.39. The quantitative estimate of drug-likeness (QED) is 0.875. The summed E-state index contributed by atoms with van der Waals surface area (Å²) in [6, 6.07) is 5.30. The first-order valence-electron chi connectivity index (χ1n) is 6.01. The van der Waals surface area contributed by atoms with Crippen molar-refractivity contribution in [2.45, 2.75) is 19.9 Å². The fourth-order valence-electron chi connectivity index (χ4n) is 2.18. The largest absolute Gasteiger partial charge is 0.366 e. The van der Waals surface area contributed by atoms with Gasteiger partial charge in [0.1, 0.15) is 5.82 Å². The zero-order chi connectivity index (χ0) is 12.4. The van der Waals surface area contributed by atoms with E-state index in [0.717, 1.165) is 19.6 Å². The Hall–Kier alpha value is -0.800. The molecule has 0 bridgehead atoms. The molecule has 1 aliphatic rings. The highest BCUT2D eigenvalue weighted by atomic mass is 35.5. The Labute approximate surface area is 107 Å². The Morgan fingerprint density at radius 1 is 1.47 bits per heavy atom. The topological polar surface area (TPSA) is 15.3 Å². The summed E-state index contributed by atoms with van der Waals surface area (Å²) < 4.78 is 13.8. The standard InChI is InChI=1S/C13H18ClFN2/c1-9(2)12-8-17(6-5-16-12)13-4-3-10(14)7-11(13)15/h3-4,7,9,12,16H,5-6,8H2,1-2H3. The van der Waals surface area contributed by atoms with Crippen molar-refractivity contribution in [2.75, 3.05) is 24.5 Å². The molecule has 94 valence electrons. The number of hydrogen-bond acceptors (Lipinski definition) is 2. The lowest BCUT2D eigenvalue weighted by Crippen LogP contribution is -2.53. The molecule has 0 aliphatic carbocycles. The third-order valence-corrected chi connectivity index (χ3v) is 3.50. The number of rotatable bonds is 2. The molecule has 0 aromatic heterocycles. The van der Waals surface area contributed by atoms with Gasteiger partial charge in [0.25, 0.3) is 0 Å². The number of hydrogen-bond donors (Lipinski definition) is 1. The van der Waals surface area contributed by atoms with Crippen LogP contribution < -0.4 is 10.2 Å². The Kier molecular flexibility index (Phi) is 3.89. The van der Waals surface area contributed by atoms with E-state index in [0.29, 0.717) is 22.7 Å². The smallest absolute Gasteiger partial charge is 0.147 e. The summed E-state index contributed by atoms with van der Waals surface area (Å²) in [5.74, 6) is 0.315. The minimum atomic E-state index is -0.234. The molecule has 1 N–H and O–H groups in total. The lowest BCUT2D eigenvalue weighted by molar-refractivity contribution is 0.366. The molecule has 1 aromatic rings. The van der Waals surface area contributed by atoms with Gasteiger partial charge in [0.2, 0.25) is 0 Å². The van der Waals surface area contributed by atoms with Gasteiger partial charge in [-0.15, -0.1) is 0 Å². The van der Waals surface area contributed by atoms with Crippen molar-refractivity contribution in [3.8, 4) is 0 Å². The summed E-state index contributed by atoms with van der Waals surface area (Å²) in [6.45, 7) is 6.93. The van der Waals surface area contributed by atoms with E-state index in [2.05, 4.69) is 24.1 Å². The van der Waals surface area contributed by atoms with E-state index >= 15 is 0 Å². The highest BCUT2D eigenvalue weighted by Crippen LogP contribution is 2.24. The molecule has 0 amide bonds. The van der Waals surface area contributed by atoms with Gasteiger partial charge in [0.05, 0.1) is 5.69 Å². The van der Waals surface area contributed by atoms with Gasteiger partial charge in [-0.3, -0.25) is 0 Å². The minimum Gasteiger partial charge on any atom is -0.366 e. The van der Waals surface area contributed by atoms with Crippen LogP contribution in [0.25, 0.3) is 0 Å². The van der Waals surface area contributed by atoms with E-state index in [1.54, 1.807) is 12.1 Å². The molecule has 4 heteroatoms. The second kappa shape index (κ2) is 5.23. The lowest BCUT2D eigenvalue weighted by Gasteiger charge is -2.37. The molecule has 1 saturated heterocycles. The van der Waals surface area contributed by atoms with Crippen molar-refractivity contribution < 1.29 is 4.39 Å². The zero-order valence-corrected chi connectivity index (χ0v) is 11.0. The molecule has 1 unspecified atom stereocenters. The van der Waals surface area contributed by atoms with Crippen molar-refractivity contribution in [3.63, 3.8) is 0 Å². The van der Waals surface area contributed by atoms with Crippen molar-refractivity contribution in [1.29, 1.82) is 0 Å². The minimum absolute atomic E-state index is 0.234. The van der Waals surface area contributed by atoms with E-state index in [-0.39, 0.29) is 5.82 Å². The SMILES string of the molecule is CC(C)C1CN(c2ccc(Cl)cc2F)CCN1. The van der Waals surface area contributed by atoms with Crippen LogP contribution in [-0.4, -0.2) is 25.7 Å². The van der Waals surface area contributed by atoms with Crippen LogP contribution in [0.4, 0.5) is 10.1 Å². The maximum atomic E-state index is 13.8. The van der Waals surface area contributed by atoms with Crippen LogP contribution >= 0.6 is 11.6 Å². The molecule has 1 aromatic carbocycles. The van der Waals surface area contributed by atoms with Gasteiger partial charge in [-0.05, 0) is 24.1 Å². The van der Waals surface area contributed by atoms with Crippen LogP contribution in [0.2, 0.25) is 5.02 Å². The summed E-state index contributed by atoms with van der Waals surface area (Å²) in [7, 11) is 0. The molecular formula is C13H18ClFN2. The van der Waals surface area contributed by atoms with Crippen LogP contribution in [0.5, 0.6) is 0 Å². The van der Waals surface area contributed by atoms with Crippen LogP contribution in [0, 0.1) is 11.7 Å². The van der Waals surface area contributed by atoms with Gasteiger partial charge in [-0.1, -0.05) is 25.4 Å². The van der Waals surface area contributed by atoms with Crippen molar-refractivity contribution in [3.05, 3.63) is 29.0 Å². The lowest BCUT2D eigenvalue weighted by atomic mass is 10.0. The highest BCUT2D eigenvalue weighted by molar-refractivity contribution is 6.30. The monoisotopic (exact) mass is 256 g/mol. The molecule has 1 fully saturated rings. The van der Waals surface area contributed by atoms with Gasteiger partial charge in [0.15, 0.2) is 0 Å². The maximum absolute atomic E-state index is 13.8. The molecule has 0 radical (unpaired) electrons. The Morgan fingerprint density at radius 2 is 2.24 bits per heavy atom. The first kappa shape index (κ1) is 12.7. The summed E-state index contributed by atoms with van der Waals surface area (Å²) in [6.07, 6.45) is 0. The number of nitrogens with zero attached hydrogens (tertiary/aromatic N) is 1. The zero-order valence-electron chi connectivity index (χ0n) is 10.2. The Balaban J connectivity index is 2.16. The molecule has 2 nitrogen and oxygen atoms in total. The molecule has 17 heavy (non-hydrogen) atoms. The van der Waals surface area contributed by atoms with E-state index in [9.17, 15) is 4.39 Å². The predicted octanol–water partition coefficient (Wildman–Crippen LogP) is 2.91. The summed E-state index contributed by atoms with van der Waals surface area (Å²) in [5, 5.41) is 3.91. The summed E-state index contributed by atoms with van der Waals surface area (Å²) in [5.41, 5.74) is 0.654. The molecule has 1 aliphatic heterocycles. The van der Waals surface area contributed by atoms with Gasteiger partial charge in [-0.2, -0.15) is 0 Å². The van der Waals surface area contributed by atoms with Gasteiger partial charge in [0, 0.05) is 30.7 Å². The van der Waals surface area contributed by atoms with Crippen LogP contribution in [-0.2, 0) is 0 Å². The van der Waals surface area contributed by atoms with Gasteiger partial charge >= 0.3 is 0 Å². The fourth-order valence-corrected chi connectivity index (χ4v) is 2.34. The molecular weight excluding hydrogens is 239 g/mol. The highest BCUT2D eigenvalue weighted by Gasteiger charge is 2.23. The van der Waals surface area contributed by atoms with E-state index in [4.69, 9.17) is 11.6 Å². The summed E-state index contributed by atoms with van der Waals surface area (Å²) in [4.78, 5) is 2.09. The van der Waals surface area contributed by atoms with Gasteiger partial charge in [-0.25, -0.2) is 4.39 Å². The fraction of sp³-hybridized carbons (Fsp3) is 0.538. The van der Waals surface area contributed by atoms with Crippen LogP contribution in [0.1, 0.15) is 13.8 Å². The van der Waals surface area contributed by atoms with E-state index in [1.807, 2.05) is 0 Å². The summed E-state index contributed by atoms with van der Waals surface area (Å²) >= 11 is 5.76. The first-order chi connectivity index (χ1) is 8.08. The number of piperazine rings is 1. The average Bonchev–Trinajstić information content (AvgIpc) is 2.29. The molecule has 2 rings (SSSR count). The normalized spacial score (nSPS) is 21.0. The number of nitrogens with one attached hydrogen (secondary N) is 1. The Bertz CT molecular complexity index is 395. The molecule has 1 atom stereocenters. The Morgan fingerprint density at radius 3 is 2.88 bits per heavy atom. The predicted molar refractivity (Wildman–Crippen MR) is 70.3 cm³/mol. The number of anilines is 1. The second-order valence-corrected chi connectivity index (χ2v) is 5.28. The third kappa shape index (κ3) is 2.90.